The molecule has 0 unspecified atom stereocenters. The number of hydrogen-bond donors (Lipinski definition) is 0. The van der Waals surface area contributed by atoms with Gasteiger partial charge in [0, 0.05) is 31.7 Å². The normalized spacial score (nSPS) is 20.5. The molecule has 6 heteroatoms. The van der Waals surface area contributed by atoms with Gasteiger partial charge in [-0.3, -0.25) is 4.79 Å². The summed E-state index contributed by atoms with van der Waals surface area (Å²) in [4.78, 5) is 14.9. The molecule has 1 aromatic rings. The Morgan fingerprint density at radius 3 is 2.33 bits per heavy atom. The van der Waals surface area contributed by atoms with Gasteiger partial charge in [-0.2, -0.15) is 4.31 Å². The van der Waals surface area contributed by atoms with E-state index in [0.29, 0.717) is 30.1 Å². The van der Waals surface area contributed by atoms with E-state index >= 15 is 0 Å². The fourth-order valence-corrected chi connectivity index (χ4v) is 5.24. The number of aryl methyl sites for hydroxylation is 1. The number of carbonyl (C=O) groups is 1. The van der Waals surface area contributed by atoms with Gasteiger partial charge >= 0.3 is 0 Å². The van der Waals surface area contributed by atoms with Crippen molar-refractivity contribution in [2.24, 2.45) is 5.92 Å². The summed E-state index contributed by atoms with van der Waals surface area (Å²) in [5, 5.41) is 0. The Kier molecular flexibility index (Phi) is 4.97. The molecule has 2 aliphatic rings. The third kappa shape index (κ3) is 3.35. The Labute approximate surface area is 144 Å². The van der Waals surface area contributed by atoms with Crippen molar-refractivity contribution in [3.05, 3.63) is 29.3 Å². The van der Waals surface area contributed by atoms with Crippen LogP contribution in [0.15, 0.2) is 23.1 Å². The predicted octanol–water partition coefficient (Wildman–Crippen LogP) is 2.65. The molecule has 0 aliphatic carbocycles. The molecule has 0 N–H and O–H groups in total. The SMILES string of the molecule is Cc1ccc(C(=O)N2CCC(C)CC2)cc1S(=O)(=O)N1CCCC1. The first-order chi connectivity index (χ1) is 11.4. The van der Waals surface area contributed by atoms with E-state index in [4.69, 9.17) is 0 Å². The average molecular weight is 350 g/mol. The Balaban J connectivity index is 1.87. The summed E-state index contributed by atoms with van der Waals surface area (Å²) in [5.41, 5.74) is 1.18. The number of rotatable bonds is 3. The topological polar surface area (TPSA) is 57.7 Å². The third-order valence-electron chi connectivity index (χ3n) is 5.19. The molecule has 0 atom stereocenters. The zero-order valence-corrected chi connectivity index (χ0v) is 15.3. The van der Waals surface area contributed by atoms with Crippen LogP contribution in [-0.2, 0) is 10.0 Å². The van der Waals surface area contributed by atoms with Gasteiger partial charge in [-0.1, -0.05) is 13.0 Å². The quantitative estimate of drug-likeness (QED) is 0.842. The van der Waals surface area contributed by atoms with Gasteiger partial charge in [0.15, 0.2) is 0 Å². The largest absolute Gasteiger partial charge is 0.339 e. The van der Waals surface area contributed by atoms with E-state index < -0.39 is 10.0 Å². The van der Waals surface area contributed by atoms with Crippen LogP contribution in [0.4, 0.5) is 0 Å². The van der Waals surface area contributed by atoms with E-state index in [0.717, 1.165) is 38.8 Å². The zero-order chi connectivity index (χ0) is 17.3. The average Bonchev–Trinajstić information content (AvgIpc) is 3.10. The van der Waals surface area contributed by atoms with Gasteiger partial charge in [-0.05, 0) is 56.2 Å². The van der Waals surface area contributed by atoms with Crippen molar-refractivity contribution in [2.45, 2.75) is 44.4 Å². The molecule has 0 radical (unpaired) electrons. The molecule has 0 bridgehead atoms. The van der Waals surface area contributed by atoms with Crippen molar-refractivity contribution in [3.63, 3.8) is 0 Å². The second kappa shape index (κ2) is 6.84. The van der Waals surface area contributed by atoms with Crippen LogP contribution in [0.3, 0.4) is 0 Å². The van der Waals surface area contributed by atoms with Crippen LogP contribution < -0.4 is 0 Å². The number of amides is 1. The molecule has 2 saturated heterocycles. The molecular weight excluding hydrogens is 324 g/mol. The van der Waals surface area contributed by atoms with E-state index in [2.05, 4.69) is 6.92 Å². The van der Waals surface area contributed by atoms with Crippen molar-refractivity contribution in [1.29, 1.82) is 0 Å². The highest BCUT2D eigenvalue weighted by Gasteiger charge is 2.30. The molecular formula is C18H26N2O3S. The Bertz CT molecular complexity index is 716. The highest BCUT2D eigenvalue weighted by molar-refractivity contribution is 7.89. The minimum absolute atomic E-state index is 0.0558. The van der Waals surface area contributed by atoms with Crippen LogP contribution in [0, 0.1) is 12.8 Å². The van der Waals surface area contributed by atoms with Crippen LogP contribution in [0.25, 0.3) is 0 Å². The van der Waals surface area contributed by atoms with Gasteiger partial charge in [0.05, 0.1) is 4.90 Å². The van der Waals surface area contributed by atoms with E-state index in [-0.39, 0.29) is 10.8 Å². The summed E-state index contributed by atoms with van der Waals surface area (Å²) in [7, 11) is -3.50. The first kappa shape index (κ1) is 17.4. The molecule has 2 aliphatic heterocycles. The summed E-state index contributed by atoms with van der Waals surface area (Å²) in [6, 6.07) is 5.07. The summed E-state index contributed by atoms with van der Waals surface area (Å²) < 4.78 is 27.2. The number of sulfonamides is 1. The second-order valence-electron chi connectivity index (χ2n) is 7.07. The third-order valence-corrected chi connectivity index (χ3v) is 7.23. The van der Waals surface area contributed by atoms with E-state index in [1.807, 2.05) is 4.90 Å². The van der Waals surface area contributed by atoms with Crippen LogP contribution in [0.2, 0.25) is 0 Å². The van der Waals surface area contributed by atoms with E-state index in [1.165, 1.54) is 4.31 Å². The highest BCUT2D eigenvalue weighted by atomic mass is 32.2. The van der Waals surface area contributed by atoms with E-state index in [1.54, 1.807) is 25.1 Å². The number of hydrogen-bond acceptors (Lipinski definition) is 3. The van der Waals surface area contributed by atoms with Gasteiger partial charge in [-0.25, -0.2) is 8.42 Å². The standard InChI is InChI=1S/C18H26N2O3S/c1-14-7-11-19(12-8-14)18(21)16-6-5-15(2)17(13-16)24(22,23)20-9-3-4-10-20/h5-6,13-14H,3-4,7-12H2,1-2H3. The Morgan fingerprint density at radius 1 is 1.08 bits per heavy atom. The first-order valence-corrected chi connectivity index (χ1v) is 10.2. The fourth-order valence-electron chi connectivity index (χ4n) is 3.47. The molecule has 3 rings (SSSR count). The van der Waals surface area contributed by atoms with Crippen molar-refractivity contribution in [1.82, 2.24) is 9.21 Å². The maximum atomic E-state index is 12.9. The maximum Gasteiger partial charge on any atom is 0.253 e. The molecule has 0 saturated carbocycles. The van der Waals surface area contributed by atoms with Crippen molar-refractivity contribution in [2.75, 3.05) is 26.2 Å². The Hall–Kier alpha value is -1.40. The molecule has 132 valence electrons. The van der Waals surface area contributed by atoms with Crippen LogP contribution in [0.5, 0.6) is 0 Å². The molecule has 0 aromatic heterocycles. The van der Waals surface area contributed by atoms with Crippen LogP contribution in [-0.4, -0.2) is 49.7 Å². The lowest BCUT2D eigenvalue weighted by Gasteiger charge is -2.30. The molecule has 2 heterocycles. The predicted molar refractivity (Wildman–Crippen MR) is 93.5 cm³/mol. The van der Waals surface area contributed by atoms with Crippen LogP contribution >= 0.6 is 0 Å². The molecule has 24 heavy (non-hydrogen) atoms. The number of nitrogens with zero attached hydrogens (tertiary/aromatic N) is 2. The number of likely N-dealkylation sites (tertiary alicyclic amines) is 1. The monoisotopic (exact) mass is 350 g/mol. The smallest absolute Gasteiger partial charge is 0.253 e. The van der Waals surface area contributed by atoms with Crippen molar-refractivity contribution < 1.29 is 13.2 Å². The zero-order valence-electron chi connectivity index (χ0n) is 14.5. The van der Waals surface area contributed by atoms with Crippen LogP contribution in [0.1, 0.15) is 48.5 Å². The van der Waals surface area contributed by atoms with Gasteiger partial charge < -0.3 is 4.90 Å². The lowest BCUT2D eigenvalue weighted by atomic mass is 9.98. The van der Waals surface area contributed by atoms with Gasteiger partial charge in [0.2, 0.25) is 10.0 Å². The minimum atomic E-state index is -3.50. The molecule has 5 nitrogen and oxygen atoms in total. The minimum Gasteiger partial charge on any atom is -0.339 e. The first-order valence-electron chi connectivity index (χ1n) is 8.79. The molecule has 2 fully saturated rings. The number of carbonyl (C=O) groups excluding carboxylic acids is 1. The lowest BCUT2D eigenvalue weighted by molar-refractivity contribution is 0.0697. The highest BCUT2D eigenvalue weighted by Crippen LogP contribution is 2.26. The van der Waals surface area contributed by atoms with Gasteiger partial charge in [-0.15, -0.1) is 0 Å². The lowest BCUT2D eigenvalue weighted by Crippen LogP contribution is -2.38. The fraction of sp³-hybridized carbons (Fsp3) is 0.611. The number of piperidine rings is 1. The summed E-state index contributed by atoms with van der Waals surface area (Å²) in [5.74, 6) is 0.595. The van der Waals surface area contributed by atoms with E-state index in [9.17, 15) is 13.2 Å². The van der Waals surface area contributed by atoms with Gasteiger partial charge in [0.25, 0.3) is 5.91 Å². The Morgan fingerprint density at radius 2 is 1.71 bits per heavy atom. The van der Waals surface area contributed by atoms with Gasteiger partial charge in [0.1, 0.15) is 0 Å². The maximum absolute atomic E-state index is 12.9. The second-order valence-corrected chi connectivity index (χ2v) is 8.97. The summed E-state index contributed by atoms with van der Waals surface area (Å²) in [6.45, 7) is 6.65. The molecule has 1 amide bonds. The molecule has 1 aromatic carbocycles. The van der Waals surface area contributed by atoms with Crippen molar-refractivity contribution >= 4 is 15.9 Å². The molecule has 0 spiro atoms. The number of benzene rings is 1. The summed E-state index contributed by atoms with van der Waals surface area (Å²) >= 11 is 0. The van der Waals surface area contributed by atoms with Crippen molar-refractivity contribution in [3.8, 4) is 0 Å². The summed E-state index contributed by atoms with van der Waals surface area (Å²) in [6.07, 6.45) is 3.83.